The van der Waals surface area contributed by atoms with Crippen molar-refractivity contribution in [2.45, 2.75) is 31.2 Å². The summed E-state index contributed by atoms with van der Waals surface area (Å²) in [5.74, 6) is -5.22. The molecule has 0 saturated carbocycles. The molecule has 9 heteroatoms. The van der Waals surface area contributed by atoms with E-state index in [1.165, 1.54) is 0 Å². The molecular weight excluding hydrogens is 365 g/mol. The van der Waals surface area contributed by atoms with E-state index in [1.54, 1.807) is 0 Å². The predicted octanol–water partition coefficient (Wildman–Crippen LogP) is 2.81. The molecule has 0 spiro atoms. The zero-order chi connectivity index (χ0) is 19.6. The van der Waals surface area contributed by atoms with Crippen LogP contribution in [0.4, 0.5) is 18.0 Å². The molecule has 6 nitrogen and oxygen atoms in total. The van der Waals surface area contributed by atoms with Crippen molar-refractivity contribution in [1.29, 1.82) is 0 Å². The first kappa shape index (κ1) is 19.5. The minimum absolute atomic E-state index is 0.196. The third-order valence-corrected chi connectivity index (χ3v) is 5.13. The lowest BCUT2D eigenvalue weighted by Gasteiger charge is -2.31. The predicted molar refractivity (Wildman–Crippen MR) is 88.9 cm³/mol. The minimum Gasteiger partial charge on any atom is -0.481 e. The molecular formula is C18H21F3N2O4. The second-order valence-electron chi connectivity index (χ2n) is 6.94. The standard InChI is InChI=1S/C18H21F3N2O4/c19-18(20,21)14-10-23(9-13(14)16(24)25)17(26)22-12-6-7-27-15(8-12)11-4-2-1-3-5-11/h1-5,12-15H,6-10H2,(H,22,26)(H,24,25)/t12?,13-,14-,15?/m1/s1. The quantitative estimate of drug-likeness (QED) is 0.837. The molecule has 2 aliphatic rings. The number of likely N-dealkylation sites (tertiary alicyclic amines) is 1. The number of hydrogen-bond donors (Lipinski definition) is 2. The van der Waals surface area contributed by atoms with Gasteiger partial charge in [0.1, 0.15) is 0 Å². The third kappa shape index (κ3) is 4.52. The molecule has 148 valence electrons. The van der Waals surface area contributed by atoms with Crippen LogP contribution in [0.1, 0.15) is 24.5 Å². The zero-order valence-corrected chi connectivity index (χ0v) is 14.5. The van der Waals surface area contributed by atoms with E-state index in [-0.39, 0.29) is 12.1 Å². The summed E-state index contributed by atoms with van der Waals surface area (Å²) in [6.45, 7) is -0.665. The number of carbonyl (C=O) groups excluding carboxylic acids is 1. The maximum absolute atomic E-state index is 13.1. The Balaban J connectivity index is 1.61. The van der Waals surface area contributed by atoms with Gasteiger partial charge in [0, 0.05) is 25.7 Å². The Morgan fingerprint density at radius 1 is 1.19 bits per heavy atom. The van der Waals surface area contributed by atoms with Crippen molar-refractivity contribution in [3.8, 4) is 0 Å². The lowest BCUT2D eigenvalue weighted by molar-refractivity contribution is -0.187. The Hall–Kier alpha value is -2.29. The highest BCUT2D eigenvalue weighted by molar-refractivity contribution is 5.78. The number of aliphatic carboxylic acids is 1. The fourth-order valence-corrected chi connectivity index (χ4v) is 3.65. The molecule has 4 atom stereocenters. The fraction of sp³-hybridized carbons (Fsp3) is 0.556. The number of amides is 2. The summed E-state index contributed by atoms with van der Waals surface area (Å²) in [6.07, 6.45) is -3.80. The number of alkyl halides is 3. The van der Waals surface area contributed by atoms with E-state index >= 15 is 0 Å². The van der Waals surface area contributed by atoms with Gasteiger partial charge in [-0.2, -0.15) is 13.2 Å². The summed E-state index contributed by atoms with van der Waals surface area (Å²) in [5.41, 5.74) is 0.973. The number of carbonyl (C=O) groups is 2. The lowest BCUT2D eigenvalue weighted by atomic mass is 9.96. The van der Waals surface area contributed by atoms with E-state index in [1.807, 2.05) is 30.3 Å². The van der Waals surface area contributed by atoms with Gasteiger partial charge >= 0.3 is 18.2 Å². The first-order chi connectivity index (χ1) is 12.8. The Kier molecular flexibility index (Phi) is 5.59. The molecule has 0 radical (unpaired) electrons. The molecule has 1 aromatic carbocycles. The van der Waals surface area contributed by atoms with Crippen LogP contribution < -0.4 is 5.32 Å². The Labute approximate surface area is 154 Å². The van der Waals surface area contributed by atoms with Crippen molar-refractivity contribution in [2.24, 2.45) is 11.8 Å². The van der Waals surface area contributed by atoms with Crippen LogP contribution in [0.25, 0.3) is 0 Å². The molecule has 2 saturated heterocycles. The largest absolute Gasteiger partial charge is 0.481 e. The van der Waals surface area contributed by atoms with Crippen LogP contribution in [-0.2, 0) is 9.53 Å². The van der Waals surface area contributed by atoms with Crippen LogP contribution in [0.3, 0.4) is 0 Å². The summed E-state index contributed by atoms with van der Waals surface area (Å²) >= 11 is 0. The van der Waals surface area contributed by atoms with Gasteiger partial charge in [0.2, 0.25) is 0 Å². The number of hydrogen-bond acceptors (Lipinski definition) is 3. The summed E-state index contributed by atoms with van der Waals surface area (Å²) in [6, 6.07) is 8.58. The first-order valence-electron chi connectivity index (χ1n) is 8.77. The summed E-state index contributed by atoms with van der Waals surface area (Å²) < 4.78 is 44.9. The van der Waals surface area contributed by atoms with E-state index in [9.17, 15) is 22.8 Å². The molecule has 0 bridgehead atoms. The van der Waals surface area contributed by atoms with Gasteiger partial charge in [0.15, 0.2) is 0 Å². The molecule has 2 heterocycles. The minimum atomic E-state index is -4.66. The van der Waals surface area contributed by atoms with Crippen LogP contribution in [0.15, 0.2) is 30.3 Å². The van der Waals surface area contributed by atoms with Crippen molar-refractivity contribution in [3.63, 3.8) is 0 Å². The van der Waals surface area contributed by atoms with Crippen molar-refractivity contribution in [2.75, 3.05) is 19.7 Å². The summed E-state index contributed by atoms with van der Waals surface area (Å²) in [7, 11) is 0. The topological polar surface area (TPSA) is 78.9 Å². The van der Waals surface area contributed by atoms with E-state index < -0.39 is 43.1 Å². The lowest BCUT2D eigenvalue weighted by Crippen LogP contribution is -2.46. The molecule has 2 amide bonds. The van der Waals surface area contributed by atoms with E-state index in [0.29, 0.717) is 19.4 Å². The molecule has 2 fully saturated rings. The zero-order valence-electron chi connectivity index (χ0n) is 14.5. The van der Waals surface area contributed by atoms with Crippen molar-refractivity contribution < 1.29 is 32.6 Å². The van der Waals surface area contributed by atoms with Crippen LogP contribution in [0, 0.1) is 11.8 Å². The van der Waals surface area contributed by atoms with Gasteiger partial charge in [0.05, 0.1) is 17.9 Å². The van der Waals surface area contributed by atoms with Crippen LogP contribution in [-0.4, -0.2) is 53.9 Å². The van der Waals surface area contributed by atoms with Crippen molar-refractivity contribution in [1.82, 2.24) is 10.2 Å². The normalized spacial score (nSPS) is 28.8. The van der Waals surface area contributed by atoms with E-state index in [2.05, 4.69) is 5.32 Å². The second kappa shape index (κ2) is 7.75. The van der Waals surface area contributed by atoms with Gasteiger partial charge in [0.25, 0.3) is 0 Å². The van der Waals surface area contributed by atoms with Gasteiger partial charge < -0.3 is 20.1 Å². The SMILES string of the molecule is O=C(O)[C@@H]1CN(C(=O)NC2CCOC(c3ccccc3)C2)C[C@H]1C(F)(F)F. The number of urea groups is 1. The maximum Gasteiger partial charge on any atom is 0.394 e. The molecule has 1 aromatic rings. The number of nitrogens with zero attached hydrogens (tertiary/aromatic N) is 1. The van der Waals surface area contributed by atoms with Crippen molar-refractivity contribution in [3.05, 3.63) is 35.9 Å². The van der Waals surface area contributed by atoms with Gasteiger partial charge in [-0.15, -0.1) is 0 Å². The monoisotopic (exact) mass is 386 g/mol. The molecule has 0 aromatic heterocycles. The van der Waals surface area contributed by atoms with Gasteiger partial charge in [-0.05, 0) is 18.4 Å². The summed E-state index contributed by atoms with van der Waals surface area (Å²) in [4.78, 5) is 24.5. The molecule has 27 heavy (non-hydrogen) atoms. The number of rotatable bonds is 3. The van der Waals surface area contributed by atoms with Crippen LogP contribution in [0.5, 0.6) is 0 Å². The number of carboxylic acids is 1. The number of halogens is 3. The Bertz CT molecular complexity index is 683. The van der Waals surface area contributed by atoms with Crippen molar-refractivity contribution >= 4 is 12.0 Å². The van der Waals surface area contributed by atoms with Gasteiger partial charge in [-0.3, -0.25) is 4.79 Å². The third-order valence-electron chi connectivity index (χ3n) is 5.13. The van der Waals surface area contributed by atoms with Crippen LogP contribution in [0.2, 0.25) is 0 Å². The van der Waals surface area contributed by atoms with E-state index in [4.69, 9.17) is 9.84 Å². The number of nitrogens with one attached hydrogen (secondary N) is 1. The first-order valence-corrected chi connectivity index (χ1v) is 8.77. The highest BCUT2D eigenvalue weighted by Crippen LogP contribution is 2.38. The molecule has 2 unspecified atom stereocenters. The average molecular weight is 386 g/mol. The fourth-order valence-electron chi connectivity index (χ4n) is 3.65. The molecule has 2 N–H and O–H groups in total. The second-order valence-corrected chi connectivity index (χ2v) is 6.94. The van der Waals surface area contributed by atoms with Gasteiger partial charge in [-0.1, -0.05) is 30.3 Å². The average Bonchev–Trinajstić information content (AvgIpc) is 3.09. The molecule has 3 rings (SSSR count). The smallest absolute Gasteiger partial charge is 0.394 e. The Morgan fingerprint density at radius 3 is 2.48 bits per heavy atom. The highest BCUT2D eigenvalue weighted by atomic mass is 19.4. The van der Waals surface area contributed by atoms with Crippen LogP contribution >= 0.6 is 0 Å². The van der Waals surface area contributed by atoms with E-state index in [0.717, 1.165) is 10.5 Å². The highest BCUT2D eigenvalue weighted by Gasteiger charge is 2.53. The maximum atomic E-state index is 13.1. The summed E-state index contributed by atoms with van der Waals surface area (Å²) in [5, 5.41) is 11.8. The number of benzene rings is 1. The number of ether oxygens (including phenoxy) is 1. The Morgan fingerprint density at radius 2 is 1.89 bits per heavy atom. The molecule has 0 aliphatic carbocycles. The van der Waals surface area contributed by atoms with Gasteiger partial charge in [-0.25, -0.2) is 4.79 Å². The number of carboxylic acid groups (broad SMARTS) is 1. The molecule has 2 aliphatic heterocycles.